The van der Waals surface area contributed by atoms with Gasteiger partial charge in [-0.2, -0.15) is 0 Å². The van der Waals surface area contributed by atoms with Gasteiger partial charge in [-0.3, -0.25) is 0 Å². The Bertz CT molecular complexity index is 3770. The number of fused-ring (bicyclic) bond motifs is 6. The molecule has 0 radical (unpaired) electrons. The first-order valence-corrected chi connectivity index (χ1v) is 25.2. The van der Waals surface area contributed by atoms with Crippen LogP contribution in [0.2, 0.25) is 0 Å². The topological polar surface area (TPSA) is 6.48 Å². The largest absolute Gasteiger partial charge is 0.311 e. The molecule has 0 bridgehead atoms. The highest BCUT2D eigenvalue weighted by molar-refractivity contribution is 7.00. The summed E-state index contributed by atoms with van der Waals surface area (Å²) in [5.41, 5.74) is 22.1. The van der Waals surface area contributed by atoms with Crippen LogP contribution in [-0.4, -0.2) is 6.71 Å². The monoisotopic (exact) mass is 908 g/mol. The van der Waals surface area contributed by atoms with Crippen LogP contribution < -0.4 is 26.2 Å². The molecule has 0 atom stereocenters. The Hall–Kier alpha value is -8.40. The second-order valence-corrected chi connectivity index (χ2v) is 20.2. The number of benzene rings is 11. The van der Waals surface area contributed by atoms with Crippen LogP contribution in [0.4, 0.5) is 34.1 Å². The van der Waals surface area contributed by atoms with Gasteiger partial charge in [0.25, 0.3) is 6.71 Å². The minimum Gasteiger partial charge on any atom is -0.311 e. The lowest BCUT2D eigenvalue weighted by Crippen LogP contribution is -2.61. The van der Waals surface area contributed by atoms with Crippen molar-refractivity contribution in [1.29, 1.82) is 0 Å². The van der Waals surface area contributed by atoms with Crippen LogP contribution in [-0.2, 0) is 5.41 Å². The van der Waals surface area contributed by atoms with E-state index in [0.29, 0.717) is 5.92 Å². The van der Waals surface area contributed by atoms with Crippen LogP contribution in [0, 0.1) is 0 Å². The van der Waals surface area contributed by atoms with Crippen LogP contribution in [0.25, 0.3) is 54.9 Å². The summed E-state index contributed by atoms with van der Waals surface area (Å²) in [7, 11) is 0. The van der Waals surface area contributed by atoms with Gasteiger partial charge in [0.15, 0.2) is 0 Å². The van der Waals surface area contributed by atoms with E-state index < -0.39 is 0 Å². The number of hydrogen-bond acceptors (Lipinski definition) is 2. The molecule has 0 aromatic heterocycles. The van der Waals surface area contributed by atoms with Crippen molar-refractivity contribution in [2.24, 2.45) is 0 Å². The van der Waals surface area contributed by atoms with Gasteiger partial charge in [-0.05, 0) is 149 Å². The summed E-state index contributed by atoms with van der Waals surface area (Å²) in [5, 5.41) is 5.04. The highest BCUT2D eigenvalue weighted by Crippen LogP contribution is 2.49. The third-order valence-electron chi connectivity index (χ3n) is 15.5. The average Bonchev–Trinajstić information content (AvgIpc) is 3.42. The molecular weight excluding hydrogens is 856 g/mol. The van der Waals surface area contributed by atoms with Crippen molar-refractivity contribution in [2.45, 2.75) is 39.0 Å². The molecule has 71 heavy (non-hydrogen) atoms. The fourth-order valence-corrected chi connectivity index (χ4v) is 11.9. The average molecular weight is 909 g/mol. The lowest BCUT2D eigenvalue weighted by Gasteiger charge is -2.45. The van der Waals surface area contributed by atoms with Gasteiger partial charge in [0.05, 0.1) is 0 Å². The van der Waals surface area contributed by atoms with Crippen LogP contribution in [0.15, 0.2) is 243 Å². The maximum Gasteiger partial charge on any atom is 0.252 e. The molecule has 2 aliphatic heterocycles. The van der Waals surface area contributed by atoms with E-state index in [4.69, 9.17) is 0 Å². The van der Waals surface area contributed by atoms with Crippen molar-refractivity contribution in [1.82, 2.24) is 0 Å². The summed E-state index contributed by atoms with van der Waals surface area (Å²) in [5.74, 6) is 0.293. The van der Waals surface area contributed by atoms with Crippen LogP contribution in [0.1, 0.15) is 50.3 Å². The summed E-state index contributed by atoms with van der Waals surface area (Å²) >= 11 is 0. The van der Waals surface area contributed by atoms with Crippen molar-refractivity contribution in [2.75, 3.05) is 9.80 Å². The molecule has 0 amide bonds. The molecule has 3 heteroatoms. The Morgan fingerprint density at radius 3 is 1.38 bits per heavy atom. The Morgan fingerprint density at radius 2 is 0.803 bits per heavy atom. The van der Waals surface area contributed by atoms with Crippen molar-refractivity contribution in [3.05, 3.63) is 259 Å². The first kappa shape index (κ1) is 42.7. The van der Waals surface area contributed by atoms with E-state index >= 15 is 0 Å². The molecule has 0 saturated heterocycles. The number of nitrogens with zero attached hydrogens (tertiary/aromatic N) is 2. The van der Waals surface area contributed by atoms with Gasteiger partial charge in [-0.25, -0.2) is 0 Å². The standard InChI is InChI=1S/C68H53BN2/c1-45(2)47-39-48(41-50(40-47)66-57-33-19-17-31-55(57)65(46-23-9-5-10-24-46)56-32-18-20-34-58(56)66)49-42-63-67-64(43-49)71(54-29-15-8-16-30-54)62-44-52(68(3,4)51-25-11-6-12-26-51)37-38-60(62)69(67)59-35-21-22-36-61(59)70(63)53-27-13-7-14-28-53/h5-45H,1-4H3. The van der Waals surface area contributed by atoms with E-state index in [-0.39, 0.29) is 12.1 Å². The van der Waals surface area contributed by atoms with Crippen LogP contribution >= 0.6 is 0 Å². The number of hydrogen-bond donors (Lipinski definition) is 0. The predicted octanol–water partition coefficient (Wildman–Crippen LogP) is 16.5. The fraction of sp³-hybridized carbons (Fsp3) is 0.0882. The molecule has 2 heterocycles. The minimum atomic E-state index is -0.234. The first-order chi connectivity index (χ1) is 34.8. The quantitative estimate of drug-likeness (QED) is 0.111. The molecule has 2 nitrogen and oxygen atoms in total. The molecule has 0 fully saturated rings. The molecule has 13 rings (SSSR count). The molecule has 0 saturated carbocycles. The minimum absolute atomic E-state index is 0.00693. The van der Waals surface area contributed by atoms with Crippen molar-refractivity contribution in [3.63, 3.8) is 0 Å². The Kier molecular flexibility index (Phi) is 10.2. The smallest absolute Gasteiger partial charge is 0.252 e. The van der Waals surface area contributed by atoms with Crippen LogP contribution in [0.5, 0.6) is 0 Å². The maximum atomic E-state index is 2.56. The summed E-state index contributed by atoms with van der Waals surface area (Å²) in [6.45, 7) is 9.38. The highest BCUT2D eigenvalue weighted by atomic mass is 15.2. The summed E-state index contributed by atoms with van der Waals surface area (Å²) in [6.07, 6.45) is 0. The zero-order chi connectivity index (χ0) is 47.8. The number of rotatable bonds is 8. The third kappa shape index (κ3) is 6.94. The molecule has 0 spiro atoms. The lowest BCUT2D eigenvalue weighted by atomic mass is 9.33. The highest BCUT2D eigenvalue weighted by Gasteiger charge is 2.44. The molecule has 338 valence electrons. The number of para-hydroxylation sites is 3. The summed E-state index contributed by atoms with van der Waals surface area (Å²) < 4.78 is 0. The normalized spacial score (nSPS) is 12.8. The van der Waals surface area contributed by atoms with Gasteiger partial charge in [0.2, 0.25) is 0 Å². The summed E-state index contributed by atoms with van der Waals surface area (Å²) in [4.78, 5) is 5.08. The second kappa shape index (κ2) is 16.9. The van der Waals surface area contributed by atoms with Crippen LogP contribution in [0.3, 0.4) is 0 Å². The van der Waals surface area contributed by atoms with Crippen molar-refractivity contribution >= 4 is 78.8 Å². The molecule has 11 aromatic carbocycles. The Morgan fingerprint density at radius 1 is 0.352 bits per heavy atom. The molecule has 0 N–H and O–H groups in total. The maximum absolute atomic E-state index is 2.56. The molecular formula is C68H53BN2. The third-order valence-corrected chi connectivity index (χ3v) is 15.5. The molecule has 0 aliphatic carbocycles. The Labute approximate surface area is 418 Å². The van der Waals surface area contributed by atoms with Gasteiger partial charge < -0.3 is 9.80 Å². The van der Waals surface area contributed by atoms with Gasteiger partial charge >= 0.3 is 0 Å². The van der Waals surface area contributed by atoms with E-state index in [2.05, 4.69) is 280 Å². The number of anilines is 6. The van der Waals surface area contributed by atoms with Gasteiger partial charge in [-0.15, -0.1) is 0 Å². The van der Waals surface area contributed by atoms with Gasteiger partial charge in [0.1, 0.15) is 0 Å². The second-order valence-electron chi connectivity index (χ2n) is 20.2. The van der Waals surface area contributed by atoms with E-state index in [1.165, 1.54) is 111 Å². The predicted molar refractivity (Wildman–Crippen MR) is 304 cm³/mol. The fourth-order valence-electron chi connectivity index (χ4n) is 11.9. The molecule has 2 aliphatic rings. The SMILES string of the molecule is CC(C)c1cc(-c2cc3c4c(c2)N(c2ccccc2)c2cc(C(C)(C)c5ccccc5)ccc2B4c2ccccc2N3c2ccccc2)cc(-c2c3ccccc3c(-c3ccccc3)c3ccccc23)c1. The first-order valence-electron chi connectivity index (χ1n) is 25.2. The van der Waals surface area contributed by atoms with Gasteiger partial charge in [-0.1, -0.05) is 216 Å². The van der Waals surface area contributed by atoms with E-state index in [1.54, 1.807) is 0 Å². The van der Waals surface area contributed by atoms with Crippen molar-refractivity contribution in [3.8, 4) is 33.4 Å². The molecule has 11 aromatic rings. The van der Waals surface area contributed by atoms with E-state index in [1.807, 2.05) is 0 Å². The Balaban J connectivity index is 1.11. The lowest BCUT2D eigenvalue weighted by molar-refractivity contribution is 0.641. The molecule has 0 unspecified atom stereocenters. The van der Waals surface area contributed by atoms with Crippen molar-refractivity contribution < 1.29 is 0 Å². The van der Waals surface area contributed by atoms with Gasteiger partial charge in [0, 0.05) is 39.5 Å². The zero-order valence-electron chi connectivity index (χ0n) is 40.6. The van der Waals surface area contributed by atoms with E-state index in [0.717, 1.165) is 11.4 Å². The zero-order valence-corrected chi connectivity index (χ0v) is 40.6. The van der Waals surface area contributed by atoms with E-state index in [9.17, 15) is 0 Å². The summed E-state index contributed by atoms with van der Waals surface area (Å²) in [6, 6.07) is 90.7.